The first-order valence-corrected chi connectivity index (χ1v) is 7.80. The molecule has 1 aromatic carbocycles. The van der Waals surface area contributed by atoms with Crippen molar-refractivity contribution in [2.45, 2.75) is 51.4 Å². The molecule has 1 saturated carbocycles. The lowest BCUT2D eigenvalue weighted by atomic mass is 9.77. The minimum atomic E-state index is -1.28. The van der Waals surface area contributed by atoms with Crippen LogP contribution in [-0.2, 0) is 0 Å². The van der Waals surface area contributed by atoms with Gasteiger partial charge in [-0.2, -0.15) is 4.39 Å². The summed E-state index contributed by atoms with van der Waals surface area (Å²) in [6.07, 6.45) is 7.56. The van der Waals surface area contributed by atoms with Crippen molar-refractivity contribution in [1.82, 2.24) is 0 Å². The van der Waals surface area contributed by atoms with Gasteiger partial charge in [-0.1, -0.05) is 44.0 Å². The zero-order valence-corrected chi connectivity index (χ0v) is 12.6. The summed E-state index contributed by atoms with van der Waals surface area (Å²) in [5.74, 6) is 0.455. The van der Waals surface area contributed by atoms with E-state index in [1.54, 1.807) is 12.1 Å². The van der Waals surface area contributed by atoms with Gasteiger partial charge < -0.3 is 0 Å². The molecule has 1 aliphatic carbocycles. The summed E-state index contributed by atoms with van der Waals surface area (Å²) in [4.78, 5) is 0. The van der Waals surface area contributed by atoms with Gasteiger partial charge in [-0.05, 0) is 54.7 Å². The van der Waals surface area contributed by atoms with Crippen LogP contribution in [0.15, 0.2) is 29.6 Å². The van der Waals surface area contributed by atoms with Crippen molar-refractivity contribution in [2.24, 2.45) is 5.92 Å². The lowest BCUT2D eigenvalue weighted by Gasteiger charge is -2.28. The lowest BCUT2D eigenvalue weighted by Crippen LogP contribution is -2.13. The Labute approximate surface area is 124 Å². The third-order valence-corrected chi connectivity index (χ3v) is 4.51. The molecule has 0 aromatic heterocycles. The largest absolute Gasteiger partial charge is 0.225 e. The molecule has 2 rings (SSSR count). The van der Waals surface area contributed by atoms with Crippen molar-refractivity contribution >= 4 is 17.4 Å². The first-order chi connectivity index (χ1) is 9.61. The smallest absolute Gasteiger partial charge is 0.202 e. The first-order valence-electron chi connectivity index (χ1n) is 7.43. The highest BCUT2D eigenvalue weighted by Gasteiger charge is 2.21. The molecule has 0 nitrogen and oxygen atoms in total. The van der Waals surface area contributed by atoms with Crippen molar-refractivity contribution in [2.75, 3.05) is 0 Å². The average molecular weight is 299 g/mol. The van der Waals surface area contributed by atoms with E-state index < -0.39 is 11.1 Å². The van der Waals surface area contributed by atoms with Crippen LogP contribution in [-0.4, -0.2) is 0 Å². The highest BCUT2D eigenvalue weighted by Crippen LogP contribution is 2.38. The van der Waals surface area contributed by atoms with Crippen molar-refractivity contribution in [3.8, 4) is 0 Å². The molecule has 20 heavy (non-hydrogen) atoms. The van der Waals surface area contributed by atoms with Gasteiger partial charge in [-0.15, -0.1) is 0 Å². The Morgan fingerprint density at radius 1 is 1.10 bits per heavy atom. The van der Waals surface area contributed by atoms with Crippen LogP contribution >= 0.6 is 11.6 Å². The molecule has 0 radical (unpaired) electrons. The summed E-state index contributed by atoms with van der Waals surface area (Å²) in [5.41, 5.74) is 1.44. The molecule has 0 amide bonds. The second-order valence-electron chi connectivity index (χ2n) is 5.70. The Morgan fingerprint density at radius 3 is 2.20 bits per heavy atom. The Morgan fingerprint density at radius 2 is 1.70 bits per heavy atom. The summed E-state index contributed by atoms with van der Waals surface area (Å²) < 4.78 is 26.0. The Hall–Kier alpha value is -0.890. The van der Waals surface area contributed by atoms with Gasteiger partial charge in [0, 0.05) is 5.56 Å². The fraction of sp³-hybridized carbons (Fsp3) is 0.529. The van der Waals surface area contributed by atoms with Crippen LogP contribution in [0.25, 0.3) is 5.83 Å². The summed E-state index contributed by atoms with van der Waals surface area (Å²) in [5, 5.41) is -1.28. The lowest BCUT2D eigenvalue weighted by molar-refractivity contribution is 0.308. The normalized spacial score (nSPS) is 24.4. The molecule has 0 aliphatic heterocycles. The third kappa shape index (κ3) is 3.82. The second kappa shape index (κ2) is 7.21. The standard InChI is InChI=1S/C17H21ClF2/c1-2-3-12-4-6-13(7-5-12)14-8-10-15(11-9-14)16(19)17(18)20/h8-13H,2-7H2,1H3. The zero-order valence-electron chi connectivity index (χ0n) is 11.8. The molecular weight excluding hydrogens is 278 g/mol. The maximum absolute atomic E-state index is 13.3. The fourth-order valence-corrected chi connectivity index (χ4v) is 3.31. The van der Waals surface area contributed by atoms with E-state index in [0.717, 1.165) is 5.92 Å². The summed E-state index contributed by atoms with van der Waals surface area (Å²) in [6, 6.07) is 7.04. The molecule has 0 spiro atoms. The van der Waals surface area contributed by atoms with E-state index in [2.05, 4.69) is 6.92 Å². The molecule has 0 saturated heterocycles. The van der Waals surface area contributed by atoms with E-state index in [0.29, 0.717) is 5.92 Å². The summed E-state index contributed by atoms with van der Waals surface area (Å²) >= 11 is 5.03. The van der Waals surface area contributed by atoms with Crippen LogP contribution in [0, 0.1) is 5.92 Å². The van der Waals surface area contributed by atoms with Gasteiger partial charge in [0.05, 0.1) is 0 Å². The van der Waals surface area contributed by atoms with E-state index in [1.165, 1.54) is 44.1 Å². The average Bonchev–Trinajstić information content (AvgIpc) is 2.48. The Bertz CT molecular complexity index is 452. The Kier molecular flexibility index (Phi) is 5.59. The third-order valence-electron chi connectivity index (χ3n) is 4.35. The second-order valence-corrected chi connectivity index (χ2v) is 6.03. The number of hydrogen-bond acceptors (Lipinski definition) is 0. The van der Waals surface area contributed by atoms with E-state index in [1.807, 2.05) is 12.1 Å². The zero-order chi connectivity index (χ0) is 14.5. The van der Waals surface area contributed by atoms with Crippen molar-refractivity contribution in [1.29, 1.82) is 0 Å². The molecule has 0 atom stereocenters. The maximum Gasteiger partial charge on any atom is 0.225 e. The first kappa shape index (κ1) is 15.5. The van der Waals surface area contributed by atoms with Crippen molar-refractivity contribution in [3.63, 3.8) is 0 Å². The molecule has 3 heteroatoms. The van der Waals surface area contributed by atoms with Crippen LogP contribution in [0.2, 0.25) is 0 Å². The molecular formula is C17H21ClF2. The number of hydrogen-bond donors (Lipinski definition) is 0. The minimum Gasteiger partial charge on any atom is -0.202 e. The summed E-state index contributed by atoms with van der Waals surface area (Å²) in [6.45, 7) is 2.24. The van der Waals surface area contributed by atoms with Crippen LogP contribution in [0.1, 0.15) is 62.5 Å². The molecule has 0 heterocycles. The highest BCUT2D eigenvalue weighted by molar-refractivity contribution is 6.30. The number of rotatable bonds is 4. The summed E-state index contributed by atoms with van der Waals surface area (Å²) in [7, 11) is 0. The Balaban J connectivity index is 2.00. The van der Waals surface area contributed by atoms with Crippen LogP contribution in [0.5, 0.6) is 0 Å². The number of benzene rings is 1. The van der Waals surface area contributed by atoms with Crippen LogP contribution < -0.4 is 0 Å². The van der Waals surface area contributed by atoms with Crippen LogP contribution in [0.3, 0.4) is 0 Å². The highest BCUT2D eigenvalue weighted by atomic mass is 35.5. The van der Waals surface area contributed by atoms with Gasteiger partial charge >= 0.3 is 0 Å². The van der Waals surface area contributed by atoms with Gasteiger partial charge in [-0.25, -0.2) is 4.39 Å². The predicted octanol–water partition coefficient (Wildman–Crippen LogP) is 6.56. The fourth-order valence-electron chi connectivity index (χ4n) is 3.20. The van der Waals surface area contributed by atoms with Gasteiger partial charge in [0.25, 0.3) is 0 Å². The molecule has 1 fully saturated rings. The molecule has 0 unspecified atom stereocenters. The van der Waals surface area contributed by atoms with Gasteiger partial charge in [0.1, 0.15) is 0 Å². The SMILES string of the molecule is CCCC1CCC(c2ccc(C(F)=C(F)Cl)cc2)CC1. The van der Waals surface area contributed by atoms with E-state index >= 15 is 0 Å². The topological polar surface area (TPSA) is 0 Å². The molecule has 0 N–H and O–H groups in total. The van der Waals surface area contributed by atoms with E-state index in [9.17, 15) is 8.78 Å². The number of halogens is 3. The van der Waals surface area contributed by atoms with Crippen molar-refractivity contribution in [3.05, 3.63) is 40.7 Å². The van der Waals surface area contributed by atoms with Crippen LogP contribution in [0.4, 0.5) is 8.78 Å². The molecule has 0 bridgehead atoms. The van der Waals surface area contributed by atoms with Gasteiger partial charge in [-0.3, -0.25) is 0 Å². The molecule has 110 valence electrons. The van der Waals surface area contributed by atoms with Gasteiger partial charge in [0.2, 0.25) is 5.29 Å². The quantitative estimate of drug-likeness (QED) is 0.590. The predicted molar refractivity (Wildman–Crippen MR) is 81.0 cm³/mol. The molecule has 1 aliphatic rings. The maximum atomic E-state index is 13.3. The van der Waals surface area contributed by atoms with E-state index in [4.69, 9.17) is 11.6 Å². The minimum absolute atomic E-state index is 0.209. The van der Waals surface area contributed by atoms with Crippen molar-refractivity contribution < 1.29 is 8.78 Å². The van der Waals surface area contributed by atoms with E-state index in [-0.39, 0.29) is 5.56 Å². The molecule has 1 aromatic rings. The monoisotopic (exact) mass is 298 g/mol. The van der Waals surface area contributed by atoms with Gasteiger partial charge in [0.15, 0.2) is 5.83 Å².